The normalized spacial score (nSPS) is 11.6. The minimum atomic E-state index is -0.272. The van der Waals surface area contributed by atoms with E-state index in [1.807, 2.05) is 44.4 Å². The molecule has 3 N–H and O–H groups in total. The highest BCUT2D eigenvalue weighted by Gasteiger charge is 2.12. The quantitative estimate of drug-likeness (QED) is 0.773. The molecule has 0 aliphatic heterocycles. The summed E-state index contributed by atoms with van der Waals surface area (Å²) in [5.41, 5.74) is 9.17. The first-order valence-corrected chi connectivity index (χ1v) is 7.34. The maximum absolute atomic E-state index is 6.09. The molecule has 0 atom stereocenters. The summed E-state index contributed by atoms with van der Waals surface area (Å²) < 4.78 is 0. The molecule has 0 aliphatic rings. The third-order valence-corrected chi connectivity index (χ3v) is 3.50. The highest BCUT2D eigenvalue weighted by Crippen LogP contribution is 2.30. The summed E-state index contributed by atoms with van der Waals surface area (Å²) in [5, 5.41) is 5.73. The number of nitrogens with one attached hydrogen (secondary N) is 1. The van der Waals surface area contributed by atoms with Crippen LogP contribution in [-0.4, -0.2) is 22.1 Å². The number of fused-ring (bicyclic) bond motifs is 1. The minimum Gasteiger partial charge on any atom is -0.383 e. The third-order valence-electron chi connectivity index (χ3n) is 3.50. The van der Waals surface area contributed by atoms with Gasteiger partial charge in [-0.15, -0.1) is 0 Å². The van der Waals surface area contributed by atoms with Crippen LogP contribution in [0.4, 0.5) is 5.69 Å². The molecule has 1 aromatic carbocycles. The Bertz CT molecular complexity index is 776. The van der Waals surface area contributed by atoms with Crippen LogP contribution in [0.3, 0.4) is 0 Å². The number of benzene rings is 1. The van der Waals surface area contributed by atoms with E-state index in [4.69, 9.17) is 5.73 Å². The molecule has 0 unspecified atom stereocenters. The van der Waals surface area contributed by atoms with Gasteiger partial charge in [0, 0.05) is 53.3 Å². The molecule has 0 aliphatic carbocycles. The predicted octanol–water partition coefficient (Wildman–Crippen LogP) is 3.45. The smallest absolute Gasteiger partial charge is 0.0427 e. The number of hydrogen-bond donors (Lipinski definition) is 2. The van der Waals surface area contributed by atoms with Crippen LogP contribution in [0.25, 0.3) is 21.9 Å². The summed E-state index contributed by atoms with van der Waals surface area (Å²) >= 11 is 0. The van der Waals surface area contributed by atoms with Gasteiger partial charge in [-0.1, -0.05) is 0 Å². The van der Waals surface area contributed by atoms with Gasteiger partial charge < -0.3 is 11.1 Å². The van der Waals surface area contributed by atoms with Crippen molar-refractivity contribution in [3.05, 3.63) is 55.1 Å². The van der Waals surface area contributed by atoms with Gasteiger partial charge >= 0.3 is 0 Å². The van der Waals surface area contributed by atoms with Crippen molar-refractivity contribution >= 4 is 16.5 Å². The molecular formula is C18H20N4. The van der Waals surface area contributed by atoms with Gasteiger partial charge in [0.25, 0.3) is 0 Å². The van der Waals surface area contributed by atoms with Gasteiger partial charge in [-0.2, -0.15) is 0 Å². The number of anilines is 1. The molecule has 3 rings (SSSR count). The van der Waals surface area contributed by atoms with Crippen LogP contribution in [0.2, 0.25) is 0 Å². The van der Waals surface area contributed by atoms with E-state index in [1.165, 1.54) is 0 Å². The molecule has 22 heavy (non-hydrogen) atoms. The zero-order valence-corrected chi connectivity index (χ0v) is 12.9. The molecule has 0 bridgehead atoms. The zero-order chi connectivity index (χ0) is 15.6. The van der Waals surface area contributed by atoms with Crippen LogP contribution in [0.5, 0.6) is 0 Å². The lowest BCUT2D eigenvalue weighted by Gasteiger charge is -2.21. The van der Waals surface area contributed by atoms with E-state index < -0.39 is 0 Å². The maximum Gasteiger partial charge on any atom is 0.0427 e. The Kier molecular flexibility index (Phi) is 3.77. The molecule has 0 fully saturated rings. The Morgan fingerprint density at radius 3 is 2.45 bits per heavy atom. The molecule has 2 heterocycles. The molecule has 3 aromatic rings. The molecule has 2 aromatic heterocycles. The molecule has 0 amide bonds. The van der Waals surface area contributed by atoms with E-state index >= 15 is 0 Å². The fourth-order valence-electron chi connectivity index (χ4n) is 2.39. The van der Waals surface area contributed by atoms with Crippen LogP contribution in [-0.2, 0) is 0 Å². The van der Waals surface area contributed by atoms with Crippen LogP contribution in [0.15, 0.2) is 55.1 Å². The second-order valence-corrected chi connectivity index (χ2v) is 6.20. The predicted molar refractivity (Wildman–Crippen MR) is 91.7 cm³/mol. The Labute approximate surface area is 130 Å². The van der Waals surface area contributed by atoms with Gasteiger partial charge in [-0.3, -0.25) is 9.97 Å². The average molecular weight is 292 g/mol. The molecular weight excluding hydrogens is 272 g/mol. The Hall–Kier alpha value is -2.46. The Balaban J connectivity index is 2.08. The highest BCUT2D eigenvalue weighted by atomic mass is 14.9. The van der Waals surface area contributed by atoms with Gasteiger partial charge in [-0.25, -0.2) is 0 Å². The van der Waals surface area contributed by atoms with Crippen LogP contribution in [0.1, 0.15) is 13.8 Å². The second-order valence-electron chi connectivity index (χ2n) is 6.20. The summed E-state index contributed by atoms with van der Waals surface area (Å²) in [7, 11) is 0. The number of nitrogens with two attached hydrogens (primary N) is 1. The number of nitrogens with zero attached hydrogens (tertiary/aromatic N) is 2. The maximum atomic E-state index is 6.09. The van der Waals surface area contributed by atoms with E-state index in [0.29, 0.717) is 6.54 Å². The third kappa shape index (κ3) is 3.23. The summed E-state index contributed by atoms with van der Waals surface area (Å²) in [6, 6.07) is 10.3. The number of hydrogen-bond acceptors (Lipinski definition) is 4. The van der Waals surface area contributed by atoms with Gasteiger partial charge in [0.1, 0.15) is 0 Å². The van der Waals surface area contributed by atoms with Gasteiger partial charge in [0.05, 0.1) is 0 Å². The Morgan fingerprint density at radius 1 is 1.00 bits per heavy atom. The van der Waals surface area contributed by atoms with Crippen molar-refractivity contribution in [3.8, 4) is 11.1 Å². The summed E-state index contributed by atoms with van der Waals surface area (Å²) in [5.74, 6) is 0. The molecule has 0 saturated carbocycles. The zero-order valence-electron chi connectivity index (χ0n) is 12.9. The first-order chi connectivity index (χ1) is 10.5. The molecule has 112 valence electrons. The van der Waals surface area contributed by atoms with Crippen LogP contribution >= 0.6 is 0 Å². The van der Waals surface area contributed by atoms with Gasteiger partial charge in [-0.05, 0) is 55.3 Å². The van der Waals surface area contributed by atoms with Gasteiger partial charge in [0.15, 0.2) is 0 Å². The fraction of sp³-hybridized carbons (Fsp3) is 0.222. The largest absolute Gasteiger partial charge is 0.383 e. The van der Waals surface area contributed by atoms with Crippen molar-refractivity contribution in [1.29, 1.82) is 0 Å². The van der Waals surface area contributed by atoms with Gasteiger partial charge in [0.2, 0.25) is 0 Å². The Morgan fingerprint density at radius 2 is 1.73 bits per heavy atom. The monoisotopic (exact) mass is 292 g/mol. The van der Waals surface area contributed by atoms with E-state index in [1.54, 1.807) is 12.4 Å². The van der Waals surface area contributed by atoms with Crippen molar-refractivity contribution < 1.29 is 0 Å². The van der Waals surface area contributed by atoms with Crippen LogP contribution in [0, 0.1) is 0 Å². The van der Waals surface area contributed by atoms with Crippen molar-refractivity contribution in [2.75, 3.05) is 11.9 Å². The molecule has 4 heteroatoms. The van der Waals surface area contributed by atoms with Crippen molar-refractivity contribution in [3.63, 3.8) is 0 Å². The molecule has 0 saturated heterocycles. The SMILES string of the molecule is CC(C)(N)CNc1cc(-c2ccncc2)cc2cnccc12. The lowest BCUT2D eigenvalue weighted by molar-refractivity contribution is 0.549. The van der Waals surface area contributed by atoms with E-state index in [0.717, 1.165) is 27.6 Å². The van der Waals surface area contributed by atoms with Crippen molar-refractivity contribution in [2.24, 2.45) is 5.73 Å². The second kappa shape index (κ2) is 5.73. The van der Waals surface area contributed by atoms with Crippen molar-refractivity contribution in [2.45, 2.75) is 19.4 Å². The minimum absolute atomic E-state index is 0.272. The lowest BCUT2D eigenvalue weighted by Crippen LogP contribution is -2.39. The summed E-state index contributed by atoms with van der Waals surface area (Å²) in [6.07, 6.45) is 7.31. The van der Waals surface area contributed by atoms with E-state index in [9.17, 15) is 0 Å². The number of aromatic nitrogens is 2. The molecule has 4 nitrogen and oxygen atoms in total. The highest BCUT2D eigenvalue weighted by molar-refractivity contribution is 5.97. The van der Waals surface area contributed by atoms with Crippen LogP contribution < -0.4 is 11.1 Å². The lowest BCUT2D eigenvalue weighted by atomic mass is 10.0. The summed E-state index contributed by atoms with van der Waals surface area (Å²) in [4.78, 5) is 8.31. The van der Waals surface area contributed by atoms with Crippen molar-refractivity contribution in [1.82, 2.24) is 9.97 Å². The van der Waals surface area contributed by atoms with E-state index in [-0.39, 0.29) is 5.54 Å². The number of pyridine rings is 2. The standard InChI is InChI=1S/C18H20N4/c1-18(2,19)12-22-17-10-14(13-3-6-20-7-4-13)9-15-11-21-8-5-16(15)17/h3-11,22H,12,19H2,1-2H3. The molecule has 0 radical (unpaired) electrons. The first-order valence-electron chi connectivity index (χ1n) is 7.34. The molecule has 0 spiro atoms. The van der Waals surface area contributed by atoms with E-state index in [2.05, 4.69) is 27.4 Å². The topological polar surface area (TPSA) is 63.8 Å². The number of rotatable bonds is 4. The fourth-order valence-corrected chi connectivity index (χ4v) is 2.39. The first kappa shape index (κ1) is 14.5. The average Bonchev–Trinajstić information content (AvgIpc) is 2.52. The summed E-state index contributed by atoms with van der Waals surface area (Å²) in [6.45, 7) is 4.72.